The van der Waals surface area contributed by atoms with Crippen LogP contribution in [0.1, 0.15) is 18.0 Å². The number of rotatable bonds is 3. The molecule has 1 aromatic carbocycles. The van der Waals surface area contributed by atoms with Crippen molar-refractivity contribution in [2.24, 2.45) is 11.8 Å². The molecule has 5 heteroatoms. The van der Waals surface area contributed by atoms with Crippen LogP contribution in [0.15, 0.2) is 22.7 Å². The number of halogens is 2. The lowest BCUT2D eigenvalue weighted by Crippen LogP contribution is -2.33. The maximum absolute atomic E-state index is 13.1. The van der Waals surface area contributed by atoms with Gasteiger partial charge in [0.15, 0.2) is 0 Å². The Morgan fingerprint density at radius 1 is 1.56 bits per heavy atom. The Balaban J connectivity index is 2.22. The third kappa shape index (κ3) is 2.43. The Morgan fingerprint density at radius 2 is 2.38 bits per heavy atom. The zero-order valence-electron chi connectivity index (χ0n) is 8.75. The fraction of sp³-hybridized carbons (Fsp3) is 0.455. The van der Waals surface area contributed by atoms with E-state index in [0.717, 1.165) is 18.6 Å². The normalized spacial score (nSPS) is 22.3. The van der Waals surface area contributed by atoms with Crippen LogP contribution >= 0.6 is 15.9 Å². The summed E-state index contributed by atoms with van der Waals surface area (Å²) in [4.78, 5) is 0. The number of hydrazine groups is 1. The second kappa shape index (κ2) is 5.23. The highest BCUT2D eigenvalue weighted by molar-refractivity contribution is 9.10. The van der Waals surface area contributed by atoms with Gasteiger partial charge in [-0.25, -0.2) is 4.39 Å². The lowest BCUT2D eigenvalue weighted by atomic mass is 9.93. The van der Waals surface area contributed by atoms with Crippen molar-refractivity contribution in [2.75, 3.05) is 13.2 Å². The van der Waals surface area contributed by atoms with Crippen LogP contribution in [0, 0.1) is 11.7 Å². The minimum Gasteiger partial charge on any atom is -0.381 e. The second-order valence-corrected chi connectivity index (χ2v) is 4.80. The molecule has 3 N–H and O–H groups in total. The first-order valence-electron chi connectivity index (χ1n) is 5.21. The topological polar surface area (TPSA) is 47.3 Å². The SMILES string of the molecule is NNC(c1ccc(F)c(Br)c1)C1CCOC1. The molecule has 1 aliphatic rings. The summed E-state index contributed by atoms with van der Waals surface area (Å²) < 4.78 is 18.9. The number of benzene rings is 1. The molecular weight excluding hydrogens is 275 g/mol. The van der Waals surface area contributed by atoms with E-state index in [9.17, 15) is 4.39 Å². The van der Waals surface area contributed by atoms with E-state index in [4.69, 9.17) is 10.6 Å². The van der Waals surface area contributed by atoms with E-state index >= 15 is 0 Å². The molecule has 0 amide bonds. The molecule has 2 atom stereocenters. The molecule has 0 bridgehead atoms. The maximum atomic E-state index is 13.1. The van der Waals surface area contributed by atoms with Crippen molar-refractivity contribution < 1.29 is 9.13 Å². The predicted octanol–water partition coefficient (Wildman–Crippen LogP) is 2.13. The van der Waals surface area contributed by atoms with Crippen molar-refractivity contribution in [3.63, 3.8) is 0 Å². The van der Waals surface area contributed by atoms with E-state index < -0.39 is 0 Å². The lowest BCUT2D eigenvalue weighted by Gasteiger charge is -2.22. The number of hydrogen-bond acceptors (Lipinski definition) is 3. The van der Waals surface area contributed by atoms with Crippen molar-refractivity contribution in [2.45, 2.75) is 12.5 Å². The molecule has 0 aliphatic carbocycles. The smallest absolute Gasteiger partial charge is 0.137 e. The van der Waals surface area contributed by atoms with Crippen molar-refractivity contribution >= 4 is 15.9 Å². The molecule has 0 spiro atoms. The van der Waals surface area contributed by atoms with Crippen molar-refractivity contribution in [3.05, 3.63) is 34.1 Å². The Morgan fingerprint density at radius 3 is 2.94 bits per heavy atom. The van der Waals surface area contributed by atoms with Gasteiger partial charge in [-0.2, -0.15) is 0 Å². The highest BCUT2D eigenvalue weighted by atomic mass is 79.9. The van der Waals surface area contributed by atoms with Gasteiger partial charge in [0.25, 0.3) is 0 Å². The van der Waals surface area contributed by atoms with Gasteiger partial charge < -0.3 is 4.74 Å². The number of nitrogens with two attached hydrogens (primary N) is 1. The summed E-state index contributed by atoms with van der Waals surface area (Å²) in [5.41, 5.74) is 3.76. The molecule has 0 aromatic heterocycles. The molecule has 3 nitrogen and oxygen atoms in total. The minimum absolute atomic E-state index is 0.0133. The first-order valence-corrected chi connectivity index (χ1v) is 6.00. The quantitative estimate of drug-likeness (QED) is 0.662. The first-order chi connectivity index (χ1) is 7.72. The van der Waals surface area contributed by atoms with E-state index in [1.165, 1.54) is 6.07 Å². The average molecular weight is 289 g/mol. The van der Waals surface area contributed by atoms with Crippen LogP contribution in [0.4, 0.5) is 4.39 Å². The maximum Gasteiger partial charge on any atom is 0.137 e. The van der Waals surface area contributed by atoms with Gasteiger partial charge in [-0.15, -0.1) is 0 Å². The molecule has 2 rings (SSSR count). The molecule has 2 unspecified atom stereocenters. The highest BCUT2D eigenvalue weighted by Gasteiger charge is 2.26. The zero-order valence-corrected chi connectivity index (χ0v) is 10.3. The van der Waals surface area contributed by atoms with Crippen LogP contribution in [0.5, 0.6) is 0 Å². The fourth-order valence-corrected chi connectivity index (χ4v) is 2.42. The van der Waals surface area contributed by atoms with Gasteiger partial charge in [-0.1, -0.05) is 6.07 Å². The summed E-state index contributed by atoms with van der Waals surface area (Å²) >= 11 is 3.18. The van der Waals surface area contributed by atoms with Crippen LogP contribution in [-0.2, 0) is 4.74 Å². The molecule has 88 valence electrons. The van der Waals surface area contributed by atoms with Crippen molar-refractivity contribution in [1.29, 1.82) is 0 Å². The predicted molar refractivity (Wildman–Crippen MR) is 63.1 cm³/mol. The van der Waals surface area contributed by atoms with Crippen LogP contribution in [0.3, 0.4) is 0 Å². The van der Waals surface area contributed by atoms with Crippen molar-refractivity contribution in [3.8, 4) is 0 Å². The molecule has 0 saturated carbocycles. The second-order valence-electron chi connectivity index (χ2n) is 3.94. The van der Waals surface area contributed by atoms with Crippen LogP contribution < -0.4 is 11.3 Å². The van der Waals surface area contributed by atoms with E-state index in [2.05, 4.69) is 21.4 Å². The van der Waals surface area contributed by atoms with Gasteiger partial charge in [0.05, 0.1) is 17.1 Å². The lowest BCUT2D eigenvalue weighted by molar-refractivity contribution is 0.177. The van der Waals surface area contributed by atoms with Gasteiger partial charge in [0.1, 0.15) is 5.82 Å². The van der Waals surface area contributed by atoms with Gasteiger partial charge in [0.2, 0.25) is 0 Å². The number of hydrogen-bond donors (Lipinski definition) is 2. The van der Waals surface area contributed by atoms with E-state index in [1.54, 1.807) is 12.1 Å². The van der Waals surface area contributed by atoms with Gasteiger partial charge in [-0.3, -0.25) is 11.3 Å². The van der Waals surface area contributed by atoms with E-state index in [0.29, 0.717) is 17.0 Å². The highest BCUT2D eigenvalue weighted by Crippen LogP contribution is 2.30. The van der Waals surface area contributed by atoms with Crippen LogP contribution in [-0.4, -0.2) is 13.2 Å². The third-order valence-electron chi connectivity index (χ3n) is 2.92. The molecule has 1 fully saturated rings. The summed E-state index contributed by atoms with van der Waals surface area (Å²) in [5, 5.41) is 0. The summed E-state index contributed by atoms with van der Waals surface area (Å²) in [6.07, 6.45) is 0.976. The molecule has 16 heavy (non-hydrogen) atoms. The zero-order chi connectivity index (χ0) is 11.5. The minimum atomic E-state index is -0.262. The number of nitrogens with one attached hydrogen (secondary N) is 1. The average Bonchev–Trinajstić information content (AvgIpc) is 2.78. The van der Waals surface area contributed by atoms with E-state index in [1.807, 2.05) is 0 Å². The molecule has 1 heterocycles. The summed E-state index contributed by atoms with van der Waals surface area (Å²) in [6.45, 7) is 1.47. The summed E-state index contributed by atoms with van der Waals surface area (Å²) in [7, 11) is 0. The Bertz CT molecular complexity index is 369. The van der Waals surface area contributed by atoms with Crippen molar-refractivity contribution in [1.82, 2.24) is 5.43 Å². The standard InChI is InChI=1S/C11H14BrFN2O/c12-9-5-7(1-2-10(9)13)11(15-14)8-3-4-16-6-8/h1-2,5,8,11,15H,3-4,6,14H2. The first kappa shape index (κ1) is 12.0. The number of ether oxygens (including phenoxy) is 1. The fourth-order valence-electron chi connectivity index (χ4n) is 2.03. The molecule has 1 aliphatic heterocycles. The van der Waals surface area contributed by atoms with Crippen LogP contribution in [0.25, 0.3) is 0 Å². The Labute approximate surface area is 102 Å². The Kier molecular flexibility index (Phi) is 3.91. The van der Waals surface area contributed by atoms with Gasteiger partial charge in [0, 0.05) is 12.5 Å². The molecule has 0 radical (unpaired) electrons. The Hall–Kier alpha value is -0.490. The molecule has 1 saturated heterocycles. The largest absolute Gasteiger partial charge is 0.381 e. The summed E-state index contributed by atoms with van der Waals surface area (Å²) in [6, 6.07) is 4.97. The van der Waals surface area contributed by atoms with Crippen LogP contribution in [0.2, 0.25) is 0 Å². The van der Waals surface area contributed by atoms with E-state index in [-0.39, 0.29) is 11.9 Å². The molecular formula is C11H14BrFN2O. The molecule has 1 aromatic rings. The van der Waals surface area contributed by atoms with Gasteiger partial charge in [-0.05, 0) is 40.0 Å². The third-order valence-corrected chi connectivity index (χ3v) is 3.53. The summed E-state index contributed by atoms with van der Waals surface area (Å²) in [5.74, 6) is 5.65. The monoisotopic (exact) mass is 288 g/mol. The van der Waals surface area contributed by atoms with Gasteiger partial charge >= 0.3 is 0 Å².